The van der Waals surface area contributed by atoms with E-state index in [1.54, 1.807) is 0 Å². The number of hydrogen-bond donors (Lipinski definition) is 1. The molecule has 1 aromatic carbocycles. The molecule has 0 saturated heterocycles. The molecular formula is C17H19N3O. The summed E-state index contributed by atoms with van der Waals surface area (Å²) in [5.74, 6) is 5.73. The minimum atomic E-state index is -0.0298. The molecule has 1 aliphatic rings. The molecule has 1 fully saturated rings. The molecular weight excluding hydrogens is 262 g/mol. The van der Waals surface area contributed by atoms with Gasteiger partial charge in [-0.25, -0.2) is 0 Å². The number of carbonyl (C=O) groups excluding carboxylic acids is 1. The van der Waals surface area contributed by atoms with Crippen molar-refractivity contribution in [3.8, 4) is 17.9 Å². The number of rotatable bonds is 4. The van der Waals surface area contributed by atoms with E-state index in [1.807, 2.05) is 30.0 Å². The van der Waals surface area contributed by atoms with Crippen molar-refractivity contribution in [3.63, 3.8) is 0 Å². The molecule has 0 heterocycles. The molecule has 0 aromatic heterocycles. The van der Waals surface area contributed by atoms with E-state index < -0.39 is 0 Å². The van der Waals surface area contributed by atoms with Crippen molar-refractivity contribution in [1.29, 1.82) is 5.26 Å². The summed E-state index contributed by atoms with van der Waals surface area (Å²) in [5.41, 5.74) is 7.75. The van der Waals surface area contributed by atoms with E-state index in [1.165, 1.54) is 0 Å². The first-order valence-electron chi connectivity index (χ1n) is 7.15. The Balaban J connectivity index is 2.31. The van der Waals surface area contributed by atoms with Gasteiger partial charge in [0.25, 0.3) is 5.91 Å². The third kappa shape index (κ3) is 3.84. The fraction of sp³-hybridized carbons (Fsp3) is 0.412. The van der Waals surface area contributed by atoms with E-state index in [0.29, 0.717) is 24.1 Å². The van der Waals surface area contributed by atoms with Crippen LogP contribution in [0.2, 0.25) is 0 Å². The summed E-state index contributed by atoms with van der Waals surface area (Å²) in [7, 11) is 0. The first-order chi connectivity index (χ1) is 10.2. The topological polar surface area (TPSA) is 70.1 Å². The lowest BCUT2D eigenvalue weighted by Gasteiger charge is -2.22. The molecule has 2 rings (SSSR count). The van der Waals surface area contributed by atoms with Crippen molar-refractivity contribution in [3.05, 3.63) is 34.9 Å². The van der Waals surface area contributed by atoms with Crippen LogP contribution >= 0.6 is 0 Å². The molecule has 1 aliphatic carbocycles. The van der Waals surface area contributed by atoms with Gasteiger partial charge in [0.1, 0.15) is 0 Å². The Labute approximate surface area is 125 Å². The summed E-state index contributed by atoms with van der Waals surface area (Å²) in [4.78, 5) is 14.6. The van der Waals surface area contributed by atoms with Gasteiger partial charge in [-0.05, 0) is 31.9 Å². The first kappa shape index (κ1) is 15.1. The third-order valence-corrected chi connectivity index (χ3v) is 3.44. The van der Waals surface area contributed by atoms with Gasteiger partial charge >= 0.3 is 0 Å². The number of amides is 1. The van der Waals surface area contributed by atoms with Crippen LogP contribution in [0.4, 0.5) is 0 Å². The number of aryl methyl sites for hydroxylation is 1. The molecule has 0 atom stereocenters. The molecule has 4 heteroatoms. The van der Waals surface area contributed by atoms with E-state index in [2.05, 4.69) is 17.9 Å². The average Bonchev–Trinajstić information content (AvgIpc) is 3.31. The zero-order valence-corrected chi connectivity index (χ0v) is 12.2. The highest BCUT2D eigenvalue weighted by Gasteiger charge is 2.33. The van der Waals surface area contributed by atoms with Crippen molar-refractivity contribution < 1.29 is 4.79 Å². The Morgan fingerprint density at radius 2 is 2.24 bits per heavy atom. The molecule has 1 saturated carbocycles. The highest BCUT2D eigenvalue weighted by molar-refractivity contribution is 5.97. The smallest absolute Gasteiger partial charge is 0.255 e. The number of nitrogens with zero attached hydrogens (tertiary/aromatic N) is 2. The van der Waals surface area contributed by atoms with Crippen LogP contribution in [-0.2, 0) is 0 Å². The molecule has 108 valence electrons. The maximum atomic E-state index is 12.8. The number of benzene rings is 1. The van der Waals surface area contributed by atoms with Gasteiger partial charge in [0, 0.05) is 18.2 Å². The van der Waals surface area contributed by atoms with Crippen LogP contribution in [0.3, 0.4) is 0 Å². The highest BCUT2D eigenvalue weighted by Crippen LogP contribution is 2.29. The quantitative estimate of drug-likeness (QED) is 0.856. The Bertz CT molecular complexity index is 630. The van der Waals surface area contributed by atoms with Gasteiger partial charge in [-0.1, -0.05) is 23.5 Å². The maximum absolute atomic E-state index is 12.8. The lowest BCUT2D eigenvalue weighted by molar-refractivity contribution is 0.0746. The first-order valence-corrected chi connectivity index (χ1v) is 7.15. The van der Waals surface area contributed by atoms with Crippen molar-refractivity contribution in [2.24, 2.45) is 5.73 Å². The Morgan fingerprint density at radius 1 is 1.48 bits per heavy atom. The second-order valence-electron chi connectivity index (χ2n) is 5.19. The second-order valence-corrected chi connectivity index (χ2v) is 5.19. The number of nitriles is 1. The molecule has 4 nitrogen and oxygen atoms in total. The van der Waals surface area contributed by atoms with Crippen LogP contribution < -0.4 is 5.73 Å². The summed E-state index contributed by atoms with van der Waals surface area (Å²) in [6.07, 6.45) is 2.40. The molecule has 1 amide bonds. The number of carbonyl (C=O) groups is 1. The molecule has 1 aromatic rings. The zero-order chi connectivity index (χ0) is 15.2. The minimum absolute atomic E-state index is 0.0298. The van der Waals surface area contributed by atoms with E-state index in [4.69, 9.17) is 11.0 Å². The van der Waals surface area contributed by atoms with Gasteiger partial charge in [0.05, 0.1) is 24.6 Å². The summed E-state index contributed by atoms with van der Waals surface area (Å²) in [5, 5.41) is 8.76. The standard InChI is InChI=1S/C17H19N3O/c1-13-5-6-14(4-2-9-18)16(12-13)17(21)20(11-3-10-19)15-7-8-15/h5-6,12,15H,3,7-9,11,18H2,1H3. The van der Waals surface area contributed by atoms with Crippen LogP contribution in [0.5, 0.6) is 0 Å². The van der Waals surface area contributed by atoms with Crippen LogP contribution in [0, 0.1) is 30.1 Å². The third-order valence-electron chi connectivity index (χ3n) is 3.44. The largest absolute Gasteiger partial charge is 0.335 e. The van der Waals surface area contributed by atoms with Crippen LogP contribution in [-0.4, -0.2) is 29.9 Å². The Morgan fingerprint density at radius 3 is 2.86 bits per heavy atom. The Hall–Kier alpha value is -2.30. The molecule has 2 N–H and O–H groups in total. The second kappa shape index (κ2) is 6.92. The van der Waals surface area contributed by atoms with Gasteiger partial charge < -0.3 is 10.6 Å². The molecule has 0 unspecified atom stereocenters. The van der Waals surface area contributed by atoms with E-state index in [0.717, 1.165) is 18.4 Å². The van der Waals surface area contributed by atoms with Crippen molar-refractivity contribution in [2.75, 3.05) is 13.1 Å². The average molecular weight is 281 g/mol. The van der Waals surface area contributed by atoms with Gasteiger partial charge in [-0.15, -0.1) is 0 Å². The fourth-order valence-corrected chi connectivity index (χ4v) is 2.25. The molecule has 0 aliphatic heterocycles. The van der Waals surface area contributed by atoms with Crippen molar-refractivity contribution in [2.45, 2.75) is 32.2 Å². The molecule has 0 radical (unpaired) electrons. The summed E-state index contributed by atoms with van der Waals surface area (Å²) < 4.78 is 0. The predicted molar refractivity (Wildman–Crippen MR) is 81.4 cm³/mol. The lowest BCUT2D eigenvalue weighted by Crippen LogP contribution is -2.34. The highest BCUT2D eigenvalue weighted by atomic mass is 16.2. The number of hydrogen-bond acceptors (Lipinski definition) is 3. The van der Waals surface area contributed by atoms with Gasteiger partial charge in [-0.2, -0.15) is 5.26 Å². The van der Waals surface area contributed by atoms with E-state index in [-0.39, 0.29) is 18.5 Å². The van der Waals surface area contributed by atoms with E-state index in [9.17, 15) is 4.79 Å². The van der Waals surface area contributed by atoms with Crippen LogP contribution in [0.1, 0.15) is 40.7 Å². The summed E-state index contributed by atoms with van der Waals surface area (Å²) in [6, 6.07) is 8.05. The molecule has 0 spiro atoms. The van der Waals surface area contributed by atoms with Gasteiger partial charge in [0.2, 0.25) is 0 Å². The van der Waals surface area contributed by atoms with Gasteiger partial charge in [-0.3, -0.25) is 4.79 Å². The van der Waals surface area contributed by atoms with E-state index >= 15 is 0 Å². The monoisotopic (exact) mass is 281 g/mol. The number of nitrogens with two attached hydrogens (primary N) is 1. The minimum Gasteiger partial charge on any atom is -0.335 e. The zero-order valence-electron chi connectivity index (χ0n) is 12.2. The summed E-state index contributed by atoms with van der Waals surface area (Å²) >= 11 is 0. The van der Waals surface area contributed by atoms with Crippen molar-refractivity contribution >= 4 is 5.91 Å². The SMILES string of the molecule is Cc1ccc(C#CCN)c(C(=O)N(CCC#N)C2CC2)c1. The molecule has 0 bridgehead atoms. The van der Waals surface area contributed by atoms with Gasteiger partial charge in [0.15, 0.2) is 0 Å². The normalized spacial score (nSPS) is 13.0. The van der Waals surface area contributed by atoms with Crippen LogP contribution in [0.15, 0.2) is 18.2 Å². The fourth-order valence-electron chi connectivity index (χ4n) is 2.25. The molecule has 21 heavy (non-hydrogen) atoms. The summed E-state index contributed by atoms with van der Waals surface area (Å²) in [6.45, 7) is 2.70. The lowest BCUT2D eigenvalue weighted by atomic mass is 10.0. The maximum Gasteiger partial charge on any atom is 0.255 e. The van der Waals surface area contributed by atoms with Crippen molar-refractivity contribution in [1.82, 2.24) is 4.90 Å². The Kier molecular flexibility index (Phi) is 4.98. The predicted octanol–water partition coefficient (Wildman–Crippen LogP) is 1.82. The van der Waals surface area contributed by atoms with Crippen LogP contribution in [0.25, 0.3) is 0 Å².